The zero-order chi connectivity index (χ0) is 12.8. The summed E-state index contributed by atoms with van der Waals surface area (Å²) < 4.78 is 23.6. The molecule has 0 unspecified atom stereocenters. The molecule has 0 aliphatic carbocycles. The first-order valence-electron chi connectivity index (χ1n) is 5.32. The lowest BCUT2D eigenvalue weighted by atomic mass is 10.2. The Hall–Kier alpha value is -2.54. The highest BCUT2D eigenvalue weighted by atomic mass is 19.1. The van der Waals surface area contributed by atoms with Gasteiger partial charge in [-0.1, -0.05) is 24.3 Å². The summed E-state index contributed by atoms with van der Waals surface area (Å²) in [5.74, 6) is 0.203. The first-order valence-corrected chi connectivity index (χ1v) is 5.32. The van der Waals surface area contributed by atoms with Crippen molar-refractivity contribution in [2.24, 2.45) is 0 Å². The smallest absolute Gasteiger partial charge is 0.286 e. The van der Waals surface area contributed by atoms with E-state index < -0.39 is 5.82 Å². The molecule has 90 valence electrons. The Balaban J connectivity index is 2.19. The van der Waals surface area contributed by atoms with Gasteiger partial charge in [-0.2, -0.15) is 5.26 Å². The minimum Gasteiger partial charge on any atom is -0.454 e. The van der Waals surface area contributed by atoms with Crippen LogP contribution in [-0.2, 0) is 11.3 Å². The van der Waals surface area contributed by atoms with E-state index in [2.05, 4.69) is 4.74 Å². The van der Waals surface area contributed by atoms with Crippen molar-refractivity contribution >= 4 is 0 Å². The van der Waals surface area contributed by atoms with Crippen molar-refractivity contribution in [3.63, 3.8) is 0 Å². The summed E-state index contributed by atoms with van der Waals surface area (Å²) in [6.07, 6.45) is 1.57. The fraction of sp³-hybridized carbons (Fsp3) is 0.0714. The number of para-hydroxylation sites is 1. The van der Waals surface area contributed by atoms with E-state index in [0.717, 1.165) is 0 Å². The lowest BCUT2D eigenvalue weighted by molar-refractivity contribution is 0.257. The number of rotatable bonds is 4. The molecule has 0 aliphatic rings. The number of nitrogens with zero attached hydrogens (tertiary/aromatic N) is 1. The molecule has 0 atom stereocenters. The molecular weight excluding hydrogens is 233 g/mol. The second kappa shape index (κ2) is 5.69. The fourth-order valence-electron chi connectivity index (χ4n) is 1.45. The third-order valence-corrected chi connectivity index (χ3v) is 2.27. The number of hydrogen-bond acceptors (Lipinski definition) is 3. The lowest BCUT2D eigenvalue weighted by Gasteiger charge is -2.08. The maximum atomic E-state index is 13.5. The Bertz CT molecular complexity index is 564. The molecule has 0 aliphatic heterocycles. The minimum atomic E-state index is -0.459. The Kier molecular flexibility index (Phi) is 3.77. The molecule has 0 saturated carbocycles. The highest BCUT2D eigenvalue weighted by molar-refractivity contribution is 5.35. The van der Waals surface area contributed by atoms with Gasteiger partial charge in [-0.05, 0) is 29.8 Å². The van der Waals surface area contributed by atoms with Gasteiger partial charge in [0.15, 0.2) is 11.6 Å². The van der Waals surface area contributed by atoms with Gasteiger partial charge in [-0.15, -0.1) is 0 Å². The first-order chi connectivity index (χ1) is 8.79. The highest BCUT2D eigenvalue weighted by Gasteiger charge is 2.06. The molecule has 2 aromatic rings. The normalized spacial score (nSPS) is 9.56. The first kappa shape index (κ1) is 11.9. The Morgan fingerprint density at radius 2 is 1.89 bits per heavy atom. The maximum absolute atomic E-state index is 13.5. The largest absolute Gasteiger partial charge is 0.454 e. The highest BCUT2D eigenvalue weighted by Crippen LogP contribution is 2.25. The number of ether oxygens (including phenoxy) is 2. The van der Waals surface area contributed by atoms with E-state index >= 15 is 0 Å². The molecule has 0 fully saturated rings. The summed E-state index contributed by atoms with van der Waals surface area (Å²) in [5.41, 5.74) is 0.670. The third-order valence-electron chi connectivity index (χ3n) is 2.27. The molecule has 2 aromatic carbocycles. The van der Waals surface area contributed by atoms with E-state index in [4.69, 9.17) is 10.00 Å². The Labute approximate surface area is 104 Å². The van der Waals surface area contributed by atoms with E-state index in [1.165, 1.54) is 12.1 Å². The monoisotopic (exact) mass is 243 g/mol. The molecule has 0 aromatic heterocycles. The summed E-state index contributed by atoms with van der Waals surface area (Å²) in [5, 5.41) is 8.31. The average Bonchev–Trinajstić information content (AvgIpc) is 2.41. The van der Waals surface area contributed by atoms with Gasteiger partial charge in [0, 0.05) is 0 Å². The van der Waals surface area contributed by atoms with Gasteiger partial charge in [0.05, 0.1) is 0 Å². The van der Waals surface area contributed by atoms with Crippen LogP contribution in [0.4, 0.5) is 4.39 Å². The fourth-order valence-corrected chi connectivity index (χ4v) is 1.45. The summed E-state index contributed by atoms with van der Waals surface area (Å²) in [6.45, 7) is 0.0991. The summed E-state index contributed by atoms with van der Waals surface area (Å²) >= 11 is 0. The summed E-state index contributed by atoms with van der Waals surface area (Å²) in [7, 11) is 0. The van der Waals surface area contributed by atoms with Crippen LogP contribution in [0.3, 0.4) is 0 Å². The van der Waals surface area contributed by atoms with Crippen LogP contribution in [0.1, 0.15) is 5.56 Å². The van der Waals surface area contributed by atoms with Gasteiger partial charge < -0.3 is 9.47 Å². The molecule has 0 bridgehead atoms. The van der Waals surface area contributed by atoms with E-state index in [-0.39, 0.29) is 12.4 Å². The second-order valence-corrected chi connectivity index (χ2v) is 3.56. The Morgan fingerprint density at radius 3 is 2.61 bits per heavy atom. The molecule has 0 heterocycles. The maximum Gasteiger partial charge on any atom is 0.286 e. The van der Waals surface area contributed by atoms with Crippen molar-refractivity contribution in [1.82, 2.24) is 0 Å². The van der Waals surface area contributed by atoms with Gasteiger partial charge in [-0.3, -0.25) is 0 Å². The van der Waals surface area contributed by atoms with Crippen LogP contribution in [0, 0.1) is 17.3 Å². The molecule has 0 amide bonds. The van der Waals surface area contributed by atoms with Gasteiger partial charge in [0.1, 0.15) is 12.4 Å². The van der Waals surface area contributed by atoms with Crippen molar-refractivity contribution in [2.75, 3.05) is 0 Å². The standard InChI is InChI=1S/C14H10FNO2/c15-13-7-6-11(9-17-10-16)8-14(13)18-12-4-2-1-3-5-12/h1-8H,9H2. The average molecular weight is 243 g/mol. The lowest BCUT2D eigenvalue weighted by Crippen LogP contribution is -1.92. The van der Waals surface area contributed by atoms with Crippen molar-refractivity contribution in [1.29, 1.82) is 5.26 Å². The number of nitriles is 1. The molecule has 0 radical (unpaired) electrons. The van der Waals surface area contributed by atoms with Crippen LogP contribution in [0.15, 0.2) is 48.5 Å². The topological polar surface area (TPSA) is 42.2 Å². The van der Waals surface area contributed by atoms with E-state index in [1.54, 1.807) is 36.6 Å². The van der Waals surface area contributed by atoms with Gasteiger partial charge in [0.2, 0.25) is 0 Å². The van der Waals surface area contributed by atoms with E-state index in [1.807, 2.05) is 6.07 Å². The molecule has 0 spiro atoms. The van der Waals surface area contributed by atoms with Crippen LogP contribution >= 0.6 is 0 Å². The molecule has 3 nitrogen and oxygen atoms in total. The number of hydrogen-bond donors (Lipinski definition) is 0. The number of halogens is 1. The predicted octanol–water partition coefficient (Wildman–Crippen LogP) is 3.62. The molecule has 4 heteroatoms. The zero-order valence-corrected chi connectivity index (χ0v) is 9.47. The van der Waals surface area contributed by atoms with Crippen LogP contribution < -0.4 is 4.74 Å². The molecular formula is C14H10FNO2. The molecule has 18 heavy (non-hydrogen) atoms. The third kappa shape index (κ3) is 2.98. The quantitative estimate of drug-likeness (QED) is 0.770. The van der Waals surface area contributed by atoms with Crippen molar-refractivity contribution in [3.8, 4) is 17.8 Å². The van der Waals surface area contributed by atoms with Gasteiger partial charge in [0.25, 0.3) is 6.26 Å². The second-order valence-electron chi connectivity index (χ2n) is 3.56. The predicted molar refractivity (Wildman–Crippen MR) is 63.3 cm³/mol. The van der Waals surface area contributed by atoms with Crippen LogP contribution in [0.2, 0.25) is 0 Å². The van der Waals surface area contributed by atoms with Crippen molar-refractivity contribution in [3.05, 3.63) is 59.9 Å². The zero-order valence-electron chi connectivity index (χ0n) is 9.47. The SMILES string of the molecule is N#COCc1ccc(F)c(Oc2ccccc2)c1. The summed E-state index contributed by atoms with van der Waals surface area (Å²) in [4.78, 5) is 0. The van der Waals surface area contributed by atoms with E-state index in [9.17, 15) is 4.39 Å². The number of benzene rings is 2. The molecule has 0 N–H and O–H groups in total. The van der Waals surface area contributed by atoms with Crippen molar-refractivity contribution in [2.45, 2.75) is 6.61 Å². The van der Waals surface area contributed by atoms with E-state index in [0.29, 0.717) is 11.3 Å². The Morgan fingerprint density at radius 1 is 1.11 bits per heavy atom. The molecule has 2 rings (SSSR count). The molecule has 0 saturated heterocycles. The summed E-state index contributed by atoms with van der Waals surface area (Å²) in [6, 6.07) is 13.3. The van der Waals surface area contributed by atoms with Gasteiger partial charge in [-0.25, -0.2) is 4.39 Å². The van der Waals surface area contributed by atoms with Crippen LogP contribution in [-0.4, -0.2) is 0 Å². The van der Waals surface area contributed by atoms with Crippen LogP contribution in [0.5, 0.6) is 11.5 Å². The minimum absolute atomic E-state index is 0.0991. The van der Waals surface area contributed by atoms with Crippen LogP contribution in [0.25, 0.3) is 0 Å². The van der Waals surface area contributed by atoms with Gasteiger partial charge >= 0.3 is 0 Å². The van der Waals surface area contributed by atoms with Crippen molar-refractivity contribution < 1.29 is 13.9 Å².